The summed E-state index contributed by atoms with van der Waals surface area (Å²) in [5, 5.41) is 2.91. The Morgan fingerprint density at radius 2 is 1.43 bits per heavy atom. The molecule has 5 nitrogen and oxygen atoms in total. The Morgan fingerprint density at radius 3 is 2.03 bits per heavy atom. The first-order valence-electron chi connectivity index (χ1n) is 9.96. The van der Waals surface area contributed by atoms with Gasteiger partial charge in [0.15, 0.2) is 0 Å². The molecule has 150 valence electrons. The first-order chi connectivity index (χ1) is 14.8. The van der Waals surface area contributed by atoms with E-state index in [0.29, 0.717) is 24.2 Å². The Morgan fingerprint density at radius 1 is 0.833 bits per heavy atom. The second-order valence-electron chi connectivity index (χ2n) is 6.96. The highest BCUT2D eigenvalue weighted by atomic mass is 16.5. The van der Waals surface area contributed by atoms with Crippen LogP contribution in [0.3, 0.4) is 0 Å². The van der Waals surface area contributed by atoms with Crippen LogP contribution < -0.4 is 5.32 Å². The van der Waals surface area contributed by atoms with E-state index in [1.54, 1.807) is 19.2 Å². The zero-order valence-corrected chi connectivity index (χ0v) is 16.8. The summed E-state index contributed by atoms with van der Waals surface area (Å²) in [6.07, 6.45) is 0.772. The highest BCUT2D eigenvalue weighted by Crippen LogP contribution is 2.31. The molecule has 0 bridgehead atoms. The molecule has 0 spiro atoms. The van der Waals surface area contributed by atoms with Gasteiger partial charge >= 0.3 is 0 Å². The molecule has 0 fully saturated rings. The van der Waals surface area contributed by atoms with Crippen LogP contribution in [0.25, 0.3) is 33.5 Å². The minimum Gasteiger partial charge on any atom is -0.385 e. The number of hydrogen-bond acceptors (Lipinski definition) is 4. The maximum atomic E-state index is 12.5. The predicted molar refractivity (Wildman–Crippen MR) is 119 cm³/mol. The van der Waals surface area contributed by atoms with Gasteiger partial charge in [-0.2, -0.15) is 0 Å². The number of carbonyl (C=O) groups is 1. The van der Waals surface area contributed by atoms with Crippen molar-refractivity contribution in [1.82, 2.24) is 15.3 Å². The normalized spacial score (nSPS) is 10.8. The first-order valence-corrected chi connectivity index (χ1v) is 9.96. The molecule has 0 saturated heterocycles. The Labute approximate surface area is 175 Å². The molecule has 0 aliphatic heterocycles. The summed E-state index contributed by atoms with van der Waals surface area (Å²) >= 11 is 0. The second-order valence-corrected chi connectivity index (χ2v) is 6.96. The summed E-state index contributed by atoms with van der Waals surface area (Å²) in [5.41, 5.74) is 5.63. The summed E-state index contributed by atoms with van der Waals surface area (Å²) in [6.45, 7) is 1.19. The van der Waals surface area contributed by atoms with Crippen LogP contribution in [0.2, 0.25) is 0 Å². The van der Waals surface area contributed by atoms with Gasteiger partial charge in [0.05, 0.1) is 22.4 Å². The number of fused-ring (bicyclic) bond motifs is 1. The van der Waals surface area contributed by atoms with Crippen molar-refractivity contribution < 1.29 is 9.53 Å². The topological polar surface area (TPSA) is 64.1 Å². The number of hydrogen-bond donors (Lipinski definition) is 1. The van der Waals surface area contributed by atoms with E-state index in [4.69, 9.17) is 14.7 Å². The maximum Gasteiger partial charge on any atom is 0.251 e. The van der Waals surface area contributed by atoms with Crippen LogP contribution in [0, 0.1) is 0 Å². The molecule has 1 heterocycles. The van der Waals surface area contributed by atoms with Gasteiger partial charge in [0.1, 0.15) is 0 Å². The monoisotopic (exact) mass is 397 g/mol. The van der Waals surface area contributed by atoms with Crippen molar-refractivity contribution in [2.45, 2.75) is 6.42 Å². The number of nitrogens with one attached hydrogen (secondary N) is 1. The predicted octanol–water partition coefficient (Wildman–Crippen LogP) is 4.73. The molecule has 0 aliphatic carbocycles. The van der Waals surface area contributed by atoms with Gasteiger partial charge in [-0.3, -0.25) is 4.79 Å². The Kier molecular flexibility index (Phi) is 6.11. The molecule has 1 N–H and O–H groups in total. The minimum atomic E-state index is -0.122. The number of aromatic nitrogens is 2. The van der Waals surface area contributed by atoms with Crippen LogP contribution >= 0.6 is 0 Å². The van der Waals surface area contributed by atoms with Crippen LogP contribution in [-0.2, 0) is 4.74 Å². The lowest BCUT2D eigenvalue weighted by molar-refractivity contribution is 0.0948. The number of carbonyl (C=O) groups excluding carboxylic acids is 1. The molecule has 0 radical (unpaired) electrons. The lowest BCUT2D eigenvalue weighted by atomic mass is 10.0. The molecule has 1 aromatic heterocycles. The zero-order chi connectivity index (χ0) is 20.8. The third-order valence-corrected chi connectivity index (χ3v) is 4.83. The van der Waals surface area contributed by atoms with E-state index >= 15 is 0 Å². The largest absolute Gasteiger partial charge is 0.385 e. The molecule has 3 aromatic carbocycles. The van der Waals surface area contributed by atoms with Gasteiger partial charge < -0.3 is 10.1 Å². The smallest absolute Gasteiger partial charge is 0.251 e. The van der Waals surface area contributed by atoms with Gasteiger partial charge in [-0.05, 0) is 24.6 Å². The lowest BCUT2D eigenvalue weighted by Crippen LogP contribution is -2.25. The summed E-state index contributed by atoms with van der Waals surface area (Å²) in [7, 11) is 1.65. The van der Waals surface area contributed by atoms with Crippen molar-refractivity contribution in [3.8, 4) is 22.5 Å². The molecular weight excluding hydrogens is 374 g/mol. The summed E-state index contributed by atoms with van der Waals surface area (Å²) in [6, 6.07) is 25.5. The minimum absolute atomic E-state index is 0.122. The van der Waals surface area contributed by atoms with Crippen LogP contribution in [0.15, 0.2) is 78.9 Å². The van der Waals surface area contributed by atoms with Crippen LogP contribution in [0.1, 0.15) is 16.8 Å². The van der Waals surface area contributed by atoms with Crippen molar-refractivity contribution >= 4 is 16.9 Å². The average molecular weight is 397 g/mol. The molecular formula is C25H23N3O2. The molecule has 0 aliphatic rings. The van der Waals surface area contributed by atoms with Crippen molar-refractivity contribution in [2.75, 3.05) is 20.3 Å². The van der Waals surface area contributed by atoms with Gasteiger partial charge in [0, 0.05) is 37.0 Å². The molecule has 0 saturated carbocycles. The lowest BCUT2D eigenvalue weighted by Gasteiger charge is -2.11. The third kappa shape index (κ3) is 4.36. The maximum absolute atomic E-state index is 12.5. The van der Waals surface area contributed by atoms with E-state index in [-0.39, 0.29) is 5.91 Å². The van der Waals surface area contributed by atoms with Gasteiger partial charge in [0.2, 0.25) is 0 Å². The number of methoxy groups -OCH3 is 1. The first kappa shape index (κ1) is 19.7. The Bertz CT molecular complexity index is 1150. The van der Waals surface area contributed by atoms with Gasteiger partial charge in [-0.15, -0.1) is 0 Å². The van der Waals surface area contributed by atoms with Gasteiger partial charge in [-0.1, -0.05) is 60.7 Å². The van der Waals surface area contributed by atoms with E-state index in [1.165, 1.54) is 0 Å². The van der Waals surface area contributed by atoms with Crippen LogP contribution in [-0.4, -0.2) is 36.1 Å². The second kappa shape index (κ2) is 9.29. The molecule has 4 aromatic rings. The number of rotatable bonds is 7. The zero-order valence-electron chi connectivity index (χ0n) is 16.8. The fourth-order valence-corrected chi connectivity index (χ4v) is 3.31. The number of benzene rings is 3. The standard InChI is InChI=1S/C25H23N3O2/c1-30-16-8-15-26-25(29)20-13-14-21-22(17-20)28-24(19-11-6-3-7-12-19)23(27-21)18-9-4-2-5-10-18/h2-7,9-14,17H,8,15-16H2,1H3,(H,26,29). The Hall–Kier alpha value is -3.57. The van der Waals surface area contributed by atoms with Crippen LogP contribution in [0.4, 0.5) is 0 Å². The number of ether oxygens (including phenoxy) is 1. The molecule has 5 heteroatoms. The summed E-state index contributed by atoms with van der Waals surface area (Å²) in [5.74, 6) is -0.122. The SMILES string of the molecule is COCCCNC(=O)c1ccc2nc(-c3ccccc3)c(-c3ccccc3)nc2c1. The molecule has 4 rings (SSSR count). The summed E-state index contributed by atoms with van der Waals surface area (Å²) < 4.78 is 5.02. The van der Waals surface area contributed by atoms with Crippen LogP contribution in [0.5, 0.6) is 0 Å². The van der Waals surface area contributed by atoms with E-state index in [1.807, 2.05) is 66.7 Å². The quantitative estimate of drug-likeness (QED) is 0.458. The number of amides is 1. The molecule has 0 atom stereocenters. The van der Waals surface area contributed by atoms with Crippen molar-refractivity contribution in [3.63, 3.8) is 0 Å². The van der Waals surface area contributed by atoms with E-state index in [9.17, 15) is 4.79 Å². The summed E-state index contributed by atoms with van der Waals surface area (Å²) in [4.78, 5) is 22.3. The Balaban J connectivity index is 1.75. The molecule has 1 amide bonds. The number of nitrogens with zero attached hydrogens (tertiary/aromatic N) is 2. The molecule has 30 heavy (non-hydrogen) atoms. The van der Waals surface area contributed by atoms with Crippen molar-refractivity contribution in [2.24, 2.45) is 0 Å². The van der Waals surface area contributed by atoms with Crippen molar-refractivity contribution in [1.29, 1.82) is 0 Å². The van der Waals surface area contributed by atoms with Gasteiger partial charge in [0.25, 0.3) is 5.91 Å². The highest BCUT2D eigenvalue weighted by Gasteiger charge is 2.14. The van der Waals surface area contributed by atoms with E-state index in [0.717, 1.165) is 34.5 Å². The molecule has 0 unspecified atom stereocenters. The van der Waals surface area contributed by atoms with Crippen molar-refractivity contribution in [3.05, 3.63) is 84.4 Å². The van der Waals surface area contributed by atoms with E-state index < -0.39 is 0 Å². The highest BCUT2D eigenvalue weighted by molar-refractivity contribution is 5.98. The third-order valence-electron chi connectivity index (χ3n) is 4.83. The van der Waals surface area contributed by atoms with Gasteiger partial charge in [-0.25, -0.2) is 9.97 Å². The average Bonchev–Trinajstić information content (AvgIpc) is 2.81. The fourth-order valence-electron chi connectivity index (χ4n) is 3.31. The fraction of sp³-hybridized carbons (Fsp3) is 0.160. The van der Waals surface area contributed by atoms with E-state index in [2.05, 4.69) is 5.32 Å².